The molecule has 0 amide bonds. The number of methoxy groups -OCH3 is 1. The molecule has 1 fully saturated rings. The van der Waals surface area contributed by atoms with Crippen molar-refractivity contribution in [2.75, 3.05) is 7.11 Å². The zero-order valence-electron chi connectivity index (χ0n) is 13.0. The highest BCUT2D eigenvalue weighted by Crippen LogP contribution is 2.35. The van der Waals surface area contributed by atoms with E-state index in [2.05, 4.69) is 24.8 Å². The molecule has 2 atom stereocenters. The van der Waals surface area contributed by atoms with Crippen LogP contribution in [-0.2, 0) is 4.74 Å². The van der Waals surface area contributed by atoms with Crippen LogP contribution in [0.4, 0.5) is 0 Å². The molecule has 21 heavy (non-hydrogen) atoms. The van der Waals surface area contributed by atoms with E-state index in [4.69, 9.17) is 9.47 Å². The first-order valence-corrected chi connectivity index (χ1v) is 7.90. The molecule has 0 unspecified atom stereocenters. The van der Waals surface area contributed by atoms with Gasteiger partial charge in [-0.1, -0.05) is 24.6 Å². The van der Waals surface area contributed by atoms with E-state index in [1.54, 1.807) is 7.11 Å². The maximum atomic E-state index is 6.01. The summed E-state index contributed by atoms with van der Waals surface area (Å²) in [5, 5.41) is 0. The van der Waals surface area contributed by atoms with Crippen LogP contribution in [0, 0.1) is 0 Å². The van der Waals surface area contributed by atoms with Gasteiger partial charge in [0, 0.05) is 5.92 Å². The highest BCUT2D eigenvalue weighted by atomic mass is 16.5. The van der Waals surface area contributed by atoms with Crippen molar-refractivity contribution in [1.29, 1.82) is 0 Å². The van der Waals surface area contributed by atoms with Gasteiger partial charge in [-0.25, -0.2) is 0 Å². The van der Waals surface area contributed by atoms with Crippen molar-refractivity contribution in [3.8, 4) is 5.75 Å². The van der Waals surface area contributed by atoms with Crippen LogP contribution in [-0.4, -0.2) is 13.2 Å². The van der Waals surface area contributed by atoms with Gasteiger partial charge in [-0.2, -0.15) is 0 Å². The zero-order chi connectivity index (χ0) is 14.9. The molecule has 1 aromatic rings. The third kappa shape index (κ3) is 4.66. The molecule has 0 bridgehead atoms. The Morgan fingerprint density at radius 2 is 1.90 bits per heavy atom. The van der Waals surface area contributed by atoms with Crippen LogP contribution in [0.5, 0.6) is 5.75 Å². The lowest BCUT2D eigenvalue weighted by Crippen LogP contribution is -2.24. The Bertz CT molecular complexity index is 447. The Labute approximate surface area is 128 Å². The maximum absolute atomic E-state index is 6.01. The number of hydrogen-bond acceptors (Lipinski definition) is 2. The molecule has 0 N–H and O–H groups in total. The van der Waals surface area contributed by atoms with Crippen molar-refractivity contribution < 1.29 is 9.47 Å². The fraction of sp³-hybridized carbons (Fsp3) is 0.474. The second-order valence-corrected chi connectivity index (χ2v) is 5.58. The van der Waals surface area contributed by atoms with Crippen LogP contribution in [0.3, 0.4) is 0 Å². The number of hydrogen-bond donors (Lipinski definition) is 0. The molecule has 2 nitrogen and oxygen atoms in total. The van der Waals surface area contributed by atoms with E-state index in [9.17, 15) is 0 Å². The Morgan fingerprint density at radius 3 is 2.62 bits per heavy atom. The fourth-order valence-corrected chi connectivity index (χ4v) is 2.93. The smallest absolute Gasteiger partial charge is 0.118 e. The first-order valence-electron chi connectivity index (χ1n) is 7.90. The van der Waals surface area contributed by atoms with Gasteiger partial charge in [-0.05, 0) is 55.9 Å². The van der Waals surface area contributed by atoms with Crippen LogP contribution in [0.25, 0.3) is 0 Å². The monoisotopic (exact) mass is 286 g/mol. The van der Waals surface area contributed by atoms with Crippen molar-refractivity contribution in [3.05, 3.63) is 54.8 Å². The molecule has 1 aliphatic rings. The average Bonchev–Trinajstić information content (AvgIpc) is 2.55. The van der Waals surface area contributed by atoms with Gasteiger partial charge in [0.2, 0.25) is 0 Å². The lowest BCUT2D eigenvalue weighted by Gasteiger charge is -2.31. The van der Waals surface area contributed by atoms with Gasteiger partial charge in [0.1, 0.15) is 11.9 Å². The summed E-state index contributed by atoms with van der Waals surface area (Å²) in [4.78, 5) is 0. The van der Waals surface area contributed by atoms with E-state index in [0.717, 1.165) is 25.0 Å². The second kappa shape index (κ2) is 8.56. The normalized spacial score (nSPS) is 22.1. The molecule has 0 heterocycles. The summed E-state index contributed by atoms with van der Waals surface area (Å²) in [5.74, 6) is 1.41. The highest BCUT2D eigenvalue weighted by Gasteiger charge is 2.27. The average molecular weight is 286 g/mol. The van der Waals surface area contributed by atoms with E-state index in [-0.39, 0.29) is 0 Å². The van der Waals surface area contributed by atoms with Crippen molar-refractivity contribution in [2.45, 2.75) is 50.5 Å². The summed E-state index contributed by atoms with van der Waals surface area (Å²) in [5.41, 5.74) is 1.36. The van der Waals surface area contributed by atoms with Gasteiger partial charge in [0.05, 0.1) is 13.4 Å². The molecule has 0 aromatic heterocycles. The molecule has 1 aliphatic carbocycles. The molecule has 114 valence electrons. The summed E-state index contributed by atoms with van der Waals surface area (Å²) in [7, 11) is 1.70. The molecule has 1 aromatic carbocycles. The molecule has 0 spiro atoms. The highest BCUT2D eigenvalue weighted by molar-refractivity contribution is 5.30. The number of allylic oxidation sites excluding steroid dienone is 2. The quantitative estimate of drug-likeness (QED) is 0.389. The predicted molar refractivity (Wildman–Crippen MR) is 87.6 cm³/mol. The lowest BCUT2D eigenvalue weighted by molar-refractivity contribution is 0.0843. The number of ether oxygens (including phenoxy) is 2. The minimum atomic E-state index is 0.298. The molecule has 1 saturated carbocycles. The van der Waals surface area contributed by atoms with Gasteiger partial charge >= 0.3 is 0 Å². The topological polar surface area (TPSA) is 18.5 Å². The van der Waals surface area contributed by atoms with E-state index in [1.807, 2.05) is 24.5 Å². The SMILES string of the molecule is C=CCC/C=C\O[C@@H]1CCCC[C@H]1c1ccc(OC)cc1. The molecule has 0 saturated heterocycles. The van der Waals surface area contributed by atoms with Gasteiger partial charge in [0.15, 0.2) is 0 Å². The minimum Gasteiger partial charge on any atom is -0.498 e. The Kier molecular flexibility index (Phi) is 6.39. The first kappa shape index (κ1) is 15.7. The van der Waals surface area contributed by atoms with E-state index < -0.39 is 0 Å². The summed E-state index contributed by atoms with van der Waals surface area (Å²) in [6, 6.07) is 8.43. The van der Waals surface area contributed by atoms with E-state index >= 15 is 0 Å². The summed E-state index contributed by atoms with van der Waals surface area (Å²) in [6.07, 6.45) is 13.1. The molecular formula is C19H26O2. The fourth-order valence-electron chi connectivity index (χ4n) is 2.93. The lowest BCUT2D eigenvalue weighted by atomic mass is 9.81. The summed E-state index contributed by atoms with van der Waals surface area (Å²) >= 11 is 0. The standard InChI is InChI=1S/C19H26O2/c1-3-4-5-8-15-21-19-10-7-6-9-18(19)16-11-13-17(20-2)14-12-16/h3,8,11-15,18-19H,1,4-7,9-10H2,2H3/b15-8-/t18-,19+/m0/s1. The van der Waals surface area contributed by atoms with Gasteiger partial charge in [0.25, 0.3) is 0 Å². The second-order valence-electron chi connectivity index (χ2n) is 5.58. The number of benzene rings is 1. The van der Waals surface area contributed by atoms with Crippen molar-refractivity contribution >= 4 is 0 Å². The first-order chi connectivity index (χ1) is 10.3. The van der Waals surface area contributed by atoms with Gasteiger partial charge < -0.3 is 9.47 Å². The van der Waals surface area contributed by atoms with Crippen LogP contribution >= 0.6 is 0 Å². The summed E-state index contributed by atoms with van der Waals surface area (Å²) in [6.45, 7) is 3.73. The maximum Gasteiger partial charge on any atom is 0.118 e. The van der Waals surface area contributed by atoms with E-state index in [0.29, 0.717) is 12.0 Å². The molecular weight excluding hydrogens is 260 g/mol. The molecule has 0 radical (unpaired) electrons. The predicted octanol–water partition coefficient (Wildman–Crippen LogP) is 5.22. The van der Waals surface area contributed by atoms with E-state index in [1.165, 1.54) is 24.8 Å². The zero-order valence-corrected chi connectivity index (χ0v) is 13.0. The largest absolute Gasteiger partial charge is 0.498 e. The van der Waals surface area contributed by atoms with Crippen LogP contribution < -0.4 is 4.74 Å². The summed E-state index contributed by atoms with van der Waals surface area (Å²) < 4.78 is 11.2. The van der Waals surface area contributed by atoms with Crippen LogP contribution in [0.1, 0.15) is 50.0 Å². The van der Waals surface area contributed by atoms with Crippen LogP contribution in [0.15, 0.2) is 49.3 Å². The van der Waals surface area contributed by atoms with Gasteiger partial charge in [-0.15, -0.1) is 6.58 Å². The Morgan fingerprint density at radius 1 is 1.14 bits per heavy atom. The van der Waals surface area contributed by atoms with Crippen molar-refractivity contribution in [1.82, 2.24) is 0 Å². The minimum absolute atomic E-state index is 0.298. The van der Waals surface area contributed by atoms with Crippen LogP contribution in [0.2, 0.25) is 0 Å². The van der Waals surface area contributed by atoms with Crippen molar-refractivity contribution in [3.63, 3.8) is 0 Å². The molecule has 0 aliphatic heterocycles. The molecule has 2 rings (SSSR count). The molecule has 2 heteroatoms. The number of unbranched alkanes of at least 4 members (excludes halogenated alkanes) is 1. The Hall–Kier alpha value is -1.70. The third-order valence-corrected chi connectivity index (χ3v) is 4.13. The third-order valence-electron chi connectivity index (χ3n) is 4.13. The number of rotatable bonds is 7. The van der Waals surface area contributed by atoms with Crippen molar-refractivity contribution in [2.24, 2.45) is 0 Å². The Balaban J connectivity index is 1.97. The van der Waals surface area contributed by atoms with Gasteiger partial charge in [-0.3, -0.25) is 0 Å².